The molecule has 0 saturated carbocycles. The standard InChI is InChI=1S/C17H25BN6O5S/c1-5-8-29-24-10-9-23(17(24)27)12(16(26)22(3)4)11-13(10)30-15(21-11)14(25)19-6-7-20-18(2)28/h5,10,12,20,28H,1,6-9H2,2-4H3,(H,19,25)/t10?,12-/m0/s1. The summed E-state index contributed by atoms with van der Waals surface area (Å²) in [5, 5.41) is 16.2. The van der Waals surface area contributed by atoms with Gasteiger partial charge >= 0.3 is 13.1 Å². The molecule has 11 nitrogen and oxygen atoms in total. The van der Waals surface area contributed by atoms with Crippen LogP contribution >= 0.6 is 11.3 Å². The number of thiazole rings is 1. The Labute approximate surface area is 178 Å². The van der Waals surface area contributed by atoms with Gasteiger partial charge in [0.2, 0.25) is 0 Å². The second kappa shape index (κ2) is 9.12. The molecule has 162 valence electrons. The molecule has 0 radical (unpaired) electrons. The maximum Gasteiger partial charge on any atom is 0.373 e. The molecule has 4 amide bonds. The first-order valence-corrected chi connectivity index (χ1v) is 10.3. The number of hydrogen-bond donors (Lipinski definition) is 3. The Morgan fingerprint density at radius 3 is 2.83 bits per heavy atom. The van der Waals surface area contributed by atoms with Gasteiger partial charge in [0.05, 0.1) is 23.7 Å². The lowest BCUT2D eigenvalue weighted by atomic mass is 9.89. The van der Waals surface area contributed by atoms with Crippen molar-refractivity contribution < 1.29 is 24.2 Å². The second-order valence-electron chi connectivity index (χ2n) is 7.15. The number of amides is 4. The smallest absolute Gasteiger partial charge is 0.373 e. The molecule has 3 heterocycles. The summed E-state index contributed by atoms with van der Waals surface area (Å²) in [6.45, 7) is 6.29. The van der Waals surface area contributed by atoms with Crippen LogP contribution in [-0.2, 0) is 9.63 Å². The van der Waals surface area contributed by atoms with E-state index in [9.17, 15) is 19.4 Å². The molecule has 2 atom stereocenters. The topological polar surface area (TPSA) is 127 Å². The Bertz CT molecular complexity index is 847. The third kappa shape index (κ3) is 4.19. The van der Waals surface area contributed by atoms with Crippen LogP contribution in [-0.4, -0.2) is 90.1 Å². The van der Waals surface area contributed by atoms with Crippen molar-refractivity contribution in [2.24, 2.45) is 0 Å². The van der Waals surface area contributed by atoms with E-state index < -0.39 is 25.2 Å². The number of fused-ring (bicyclic) bond motifs is 4. The summed E-state index contributed by atoms with van der Waals surface area (Å²) in [4.78, 5) is 51.7. The molecule has 1 fully saturated rings. The van der Waals surface area contributed by atoms with E-state index in [0.717, 1.165) is 11.3 Å². The molecule has 3 rings (SSSR count). The number of urea groups is 1. The summed E-state index contributed by atoms with van der Waals surface area (Å²) in [6.07, 6.45) is 1.53. The third-order valence-corrected chi connectivity index (χ3v) is 5.86. The summed E-state index contributed by atoms with van der Waals surface area (Å²) < 4.78 is 0. The lowest BCUT2D eigenvalue weighted by molar-refractivity contribution is -0.133. The molecule has 2 aliphatic rings. The van der Waals surface area contributed by atoms with E-state index in [2.05, 4.69) is 22.1 Å². The van der Waals surface area contributed by atoms with Gasteiger partial charge in [0.25, 0.3) is 11.8 Å². The molecule has 0 aromatic carbocycles. The number of hydrogen-bond acceptors (Lipinski definition) is 8. The molecular formula is C17H25BN6O5S. The molecular weight excluding hydrogens is 411 g/mol. The fraction of sp³-hybridized carbons (Fsp3) is 0.529. The molecule has 0 spiro atoms. The van der Waals surface area contributed by atoms with Crippen molar-refractivity contribution >= 4 is 36.2 Å². The largest absolute Gasteiger partial charge is 0.437 e. The average Bonchev–Trinajstić information content (AvgIpc) is 3.25. The summed E-state index contributed by atoms with van der Waals surface area (Å²) in [7, 11) is 2.54. The first kappa shape index (κ1) is 22.2. The number of carbonyl (C=O) groups excluding carboxylic acids is 3. The lowest BCUT2D eigenvalue weighted by Gasteiger charge is -2.30. The number of carbonyl (C=O) groups is 3. The van der Waals surface area contributed by atoms with Gasteiger partial charge in [0.15, 0.2) is 11.0 Å². The molecule has 0 aliphatic carbocycles. The summed E-state index contributed by atoms with van der Waals surface area (Å²) in [5.74, 6) is -0.680. The third-order valence-electron chi connectivity index (χ3n) is 4.69. The number of likely N-dealkylation sites (N-methyl/N-ethyl adjacent to an activating group) is 1. The van der Waals surface area contributed by atoms with Crippen molar-refractivity contribution in [3.8, 4) is 0 Å². The van der Waals surface area contributed by atoms with Crippen LogP contribution in [0.1, 0.15) is 32.5 Å². The van der Waals surface area contributed by atoms with E-state index in [4.69, 9.17) is 4.84 Å². The Hall–Kier alpha value is -2.48. The predicted octanol–water partition coefficient (Wildman–Crippen LogP) is -0.388. The summed E-state index contributed by atoms with van der Waals surface area (Å²) in [5.41, 5.74) is 0.403. The van der Waals surface area contributed by atoms with Gasteiger partial charge in [-0.15, -0.1) is 17.9 Å². The maximum absolute atomic E-state index is 12.9. The normalized spacial score (nSPS) is 19.5. The Kier molecular flexibility index (Phi) is 6.76. The highest BCUT2D eigenvalue weighted by Gasteiger charge is 2.53. The van der Waals surface area contributed by atoms with E-state index >= 15 is 0 Å². The van der Waals surface area contributed by atoms with Crippen molar-refractivity contribution in [3.05, 3.63) is 28.2 Å². The van der Waals surface area contributed by atoms with Gasteiger partial charge < -0.3 is 25.4 Å². The van der Waals surface area contributed by atoms with Gasteiger partial charge in [-0.25, -0.2) is 9.78 Å². The molecule has 1 aromatic heterocycles. The lowest BCUT2D eigenvalue weighted by Crippen LogP contribution is -2.43. The van der Waals surface area contributed by atoms with Crippen molar-refractivity contribution in [3.63, 3.8) is 0 Å². The molecule has 1 aromatic rings. The molecule has 13 heteroatoms. The van der Waals surface area contributed by atoms with Crippen LogP contribution < -0.4 is 10.5 Å². The minimum atomic E-state index is -0.911. The van der Waals surface area contributed by atoms with Crippen LogP contribution in [0.4, 0.5) is 4.79 Å². The van der Waals surface area contributed by atoms with Gasteiger partial charge in [-0.2, -0.15) is 5.06 Å². The second-order valence-corrected chi connectivity index (χ2v) is 8.18. The first-order valence-electron chi connectivity index (χ1n) is 9.51. The monoisotopic (exact) mass is 436 g/mol. The van der Waals surface area contributed by atoms with Crippen molar-refractivity contribution in [1.82, 2.24) is 30.4 Å². The number of aromatic nitrogens is 1. The van der Waals surface area contributed by atoms with Crippen LogP contribution in [0.3, 0.4) is 0 Å². The van der Waals surface area contributed by atoms with Gasteiger partial charge in [0.1, 0.15) is 6.04 Å². The molecule has 30 heavy (non-hydrogen) atoms. The van der Waals surface area contributed by atoms with Crippen LogP contribution in [0.5, 0.6) is 0 Å². The average molecular weight is 436 g/mol. The summed E-state index contributed by atoms with van der Waals surface area (Å²) >= 11 is 1.15. The van der Waals surface area contributed by atoms with E-state index in [1.54, 1.807) is 20.9 Å². The van der Waals surface area contributed by atoms with Crippen molar-refractivity contribution in [2.75, 3.05) is 40.3 Å². The fourth-order valence-electron chi connectivity index (χ4n) is 3.33. The van der Waals surface area contributed by atoms with Crippen LogP contribution in [0.25, 0.3) is 0 Å². The minimum Gasteiger partial charge on any atom is -0.437 e. The van der Waals surface area contributed by atoms with Crippen LogP contribution in [0.2, 0.25) is 6.82 Å². The minimum absolute atomic E-state index is 0.139. The molecule has 1 saturated heterocycles. The highest BCUT2D eigenvalue weighted by Crippen LogP contribution is 2.46. The van der Waals surface area contributed by atoms with Crippen LogP contribution in [0.15, 0.2) is 12.7 Å². The number of nitrogens with one attached hydrogen (secondary N) is 2. The Morgan fingerprint density at radius 1 is 1.47 bits per heavy atom. The predicted molar refractivity (Wildman–Crippen MR) is 111 cm³/mol. The first-order chi connectivity index (χ1) is 14.3. The zero-order valence-corrected chi connectivity index (χ0v) is 17.9. The maximum atomic E-state index is 12.9. The van der Waals surface area contributed by atoms with E-state index in [1.807, 2.05) is 0 Å². The van der Waals surface area contributed by atoms with Crippen molar-refractivity contribution in [2.45, 2.75) is 18.9 Å². The molecule has 2 aliphatic heterocycles. The van der Waals surface area contributed by atoms with Gasteiger partial charge in [-0.3, -0.25) is 14.4 Å². The zero-order valence-electron chi connectivity index (χ0n) is 17.1. The van der Waals surface area contributed by atoms with Gasteiger partial charge in [-0.05, 0) is 6.82 Å². The number of nitrogens with zero attached hydrogens (tertiary/aromatic N) is 4. The van der Waals surface area contributed by atoms with E-state index in [1.165, 1.54) is 20.9 Å². The Balaban J connectivity index is 1.88. The highest BCUT2D eigenvalue weighted by atomic mass is 32.1. The summed E-state index contributed by atoms with van der Waals surface area (Å²) in [6, 6.07) is -1.78. The molecule has 3 N–H and O–H groups in total. The molecule has 1 unspecified atom stereocenters. The quantitative estimate of drug-likeness (QED) is 0.273. The molecule has 2 bridgehead atoms. The number of hydroxylamine groups is 2. The number of rotatable bonds is 9. The highest BCUT2D eigenvalue weighted by molar-refractivity contribution is 7.13. The van der Waals surface area contributed by atoms with E-state index in [-0.39, 0.29) is 30.0 Å². The van der Waals surface area contributed by atoms with Gasteiger partial charge in [-0.1, -0.05) is 6.08 Å². The zero-order chi connectivity index (χ0) is 22.0. The van der Waals surface area contributed by atoms with Crippen LogP contribution in [0, 0.1) is 0 Å². The van der Waals surface area contributed by atoms with Crippen molar-refractivity contribution in [1.29, 1.82) is 0 Å². The fourth-order valence-corrected chi connectivity index (χ4v) is 4.42. The Morgan fingerprint density at radius 2 is 2.20 bits per heavy atom. The SMILES string of the molecule is C=CCON1C(=O)N2CC1c1sc(C(=O)NCCNB(C)O)nc1[C@H]2C(=O)N(C)C. The van der Waals surface area contributed by atoms with E-state index in [0.29, 0.717) is 23.7 Å². The van der Waals surface area contributed by atoms with Gasteiger partial charge in [0, 0.05) is 27.2 Å².